The molecule has 3 aromatic rings. The number of hydrogen-bond acceptors (Lipinski definition) is 5. The van der Waals surface area contributed by atoms with Gasteiger partial charge in [0.25, 0.3) is 6.10 Å². The van der Waals surface area contributed by atoms with Crippen LogP contribution in [0.4, 0.5) is 22.0 Å². The zero-order valence-corrected chi connectivity index (χ0v) is 26.2. The number of carbonyl (C=O) groups excluding carboxylic acids is 1. The Balaban J connectivity index is 1.88. The zero-order chi connectivity index (χ0) is 32.4. The van der Waals surface area contributed by atoms with E-state index in [-0.39, 0.29) is 32.9 Å². The van der Waals surface area contributed by atoms with E-state index in [1.807, 2.05) is 20.8 Å². The summed E-state index contributed by atoms with van der Waals surface area (Å²) in [4.78, 5) is 13.1. The summed E-state index contributed by atoms with van der Waals surface area (Å²) in [5.74, 6) is -2.54. The van der Waals surface area contributed by atoms with Crippen molar-refractivity contribution in [2.45, 2.75) is 90.5 Å². The SMILES string of the molecule is CC(C)(C)c1ccc(S(OS(=O)(=O)C(F)(F)C(OC(=O)C2CCCCC2)C(F)(F)F)(c2ccccc2)c2ccccc2)cc1. The van der Waals surface area contributed by atoms with Gasteiger partial charge in [-0.3, -0.25) is 4.79 Å². The van der Waals surface area contributed by atoms with E-state index >= 15 is 8.78 Å². The molecular weight excluding hydrogens is 623 g/mol. The van der Waals surface area contributed by atoms with Crippen LogP contribution in [-0.2, 0) is 28.7 Å². The van der Waals surface area contributed by atoms with E-state index in [2.05, 4.69) is 4.74 Å². The first-order valence-corrected chi connectivity index (χ1v) is 17.1. The molecule has 0 heterocycles. The van der Waals surface area contributed by atoms with Crippen LogP contribution in [0, 0.1) is 5.92 Å². The third-order valence-corrected chi connectivity index (χ3v) is 12.7. The molecule has 1 aliphatic carbocycles. The molecule has 1 saturated carbocycles. The third-order valence-electron chi connectivity index (χ3n) is 7.50. The van der Waals surface area contributed by atoms with Crippen molar-refractivity contribution in [1.29, 1.82) is 0 Å². The van der Waals surface area contributed by atoms with Crippen LogP contribution >= 0.6 is 10.3 Å². The Morgan fingerprint density at radius 3 is 1.61 bits per heavy atom. The van der Waals surface area contributed by atoms with Gasteiger partial charge in [-0.2, -0.15) is 30.4 Å². The Morgan fingerprint density at radius 1 is 0.727 bits per heavy atom. The third kappa shape index (κ3) is 6.97. The van der Waals surface area contributed by atoms with Gasteiger partial charge in [-0.05, 0) is 70.5 Å². The molecule has 0 aliphatic heterocycles. The highest BCUT2D eigenvalue weighted by Gasteiger charge is 2.68. The molecular formula is C32H35F5O5S2. The highest BCUT2D eigenvalue weighted by atomic mass is 32.3. The quantitative estimate of drug-likeness (QED) is 0.169. The molecule has 3 aromatic carbocycles. The van der Waals surface area contributed by atoms with Crippen molar-refractivity contribution in [3.63, 3.8) is 0 Å². The summed E-state index contributed by atoms with van der Waals surface area (Å²) < 4.78 is 111. The molecule has 0 aromatic heterocycles. The first-order chi connectivity index (χ1) is 20.5. The van der Waals surface area contributed by atoms with E-state index in [0.717, 1.165) is 12.0 Å². The maximum Gasteiger partial charge on any atom is 0.432 e. The highest BCUT2D eigenvalue weighted by Crippen LogP contribution is 2.70. The predicted octanol–water partition coefficient (Wildman–Crippen LogP) is 9.17. The lowest BCUT2D eigenvalue weighted by atomic mass is 9.87. The number of ether oxygens (including phenoxy) is 1. The Bertz CT molecular complexity index is 1480. The number of rotatable bonds is 9. The number of halogens is 5. The number of alkyl halides is 5. The lowest BCUT2D eigenvalue weighted by molar-refractivity contribution is -0.260. The van der Waals surface area contributed by atoms with Crippen molar-refractivity contribution in [3.05, 3.63) is 90.5 Å². The predicted molar refractivity (Wildman–Crippen MR) is 158 cm³/mol. The first kappa shape index (κ1) is 33.9. The smallest absolute Gasteiger partial charge is 0.432 e. The van der Waals surface area contributed by atoms with Gasteiger partial charge in [0.05, 0.1) is 5.92 Å². The topological polar surface area (TPSA) is 69.7 Å². The second-order valence-electron chi connectivity index (χ2n) is 11.7. The standard InChI is InChI=1S/C32H35F5O5S2/c1-30(2,3)24-19-21-27(22-20-24)43(25-15-9-5-10-16-25,26-17-11-6-12-18-26)42-44(39,40)32(36,37)29(31(33,34)35)41-28(38)23-13-7-4-8-14-23/h5-6,9-12,15-23,29H,4,7-8,13-14H2,1-3H3. The van der Waals surface area contributed by atoms with Crippen molar-refractivity contribution in [3.8, 4) is 0 Å². The fourth-order valence-corrected chi connectivity index (χ4v) is 10.3. The fraction of sp³-hybridized carbons (Fsp3) is 0.406. The second kappa shape index (κ2) is 12.8. The molecule has 0 N–H and O–H groups in total. The number of benzene rings is 3. The van der Waals surface area contributed by atoms with E-state index in [0.29, 0.717) is 12.8 Å². The molecule has 0 radical (unpaired) electrons. The lowest BCUT2D eigenvalue weighted by Gasteiger charge is -2.41. The van der Waals surface area contributed by atoms with Crippen LogP contribution in [0.2, 0.25) is 0 Å². The summed E-state index contributed by atoms with van der Waals surface area (Å²) in [7, 11) is -10.1. The van der Waals surface area contributed by atoms with Crippen LogP contribution in [0.15, 0.2) is 99.6 Å². The Kier molecular flexibility index (Phi) is 9.87. The first-order valence-electron chi connectivity index (χ1n) is 14.1. The summed E-state index contributed by atoms with van der Waals surface area (Å²) in [6.45, 7) is 5.84. The molecule has 12 heteroatoms. The average molecular weight is 659 g/mol. The monoisotopic (exact) mass is 658 g/mol. The lowest BCUT2D eigenvalue weighted by Crippen LogP contribution is -2.53. The van der Waals surface area contributed by atoms with Crippen molar-refractivity contribution < 1.29 is 43.5 Å². The molecule has 0 bridgehead atoms. The molecule has 44 heavy (non-hydrogen) atoms. The molecule has 5 nitrogen and oxygen atoms in total. The molecule has 240 valence electrons. The summed E-state index contributed by atoms with van der Waals surface area (Å²) in [6, 6.07) is 21.8. The van der Waals surface area contributed by atoms with Gasteiger partial charge in [-0.15, -0.1) is 0 Å². The Hall–Kier alpha value is -2.96. The summed E-state index contributed by atoms with van der Waals surface area (Å²) >= 11 is 0. The Labute approximate surface area is 256 Å². The minimum atomic E-state index is -6.45. The molecule has 4 rings (SSSR count). The molecule has 0 amide bonds. The van der Waals surface area contributed by atoms with Gasteiger partial charge in [0, 0.05) is 14.7 Å². The largest absolute Gasteiger partial charge is 0.444 e. The maximum absolute atomic E-state index is 15.9. The van der Waals surface area contributed by atoms with Gasteiger partial charge in [-0.25, -0.2) is 3.63 Å². The molecule has 1 unspecified atom stereocenters. The van der Waals surface area contributed by atoms with Crippen LogP contribution in [0.25, 0.3) is 0 Å². The minimum absolute atomic E-state index is 0.150. The van der Waals surface area contributed by atoms with Gasteiger partial charge in [0.15, 0.2) is 0 Å². The average Bonchev–Trinajstić information content (AvgIpc) is 2.98. The Morgan fingerprint density at radius 2 is 1.18 bits per heavy atom. The van der Waals surface area contributed by atoms with Gasteiger partial charge in [-0.1, -0.05) is 88.6 Å². The van der Waals surface area contributed by atoms with Crippen LogP contribution < -0.4 is 0 Å². The normalized spacial score (nSPS) is 16.7. The number of carbonyl (C=O) groups is 1. The summed E-state index contributed by atoms with van der Waals surface area (Å²) in [6.07, 6.45) is -8.09. The van der Waals surface area contributed by atoms with Gasteiger partial charge in [0.2, 0.25) is 0 Å². The van der Waals surface area contributed by atoms with Gasteiger partial charge >= 0.3 is 27.5 Å². The molecule has 1 aliphatic rings. The van der Waals surface area contributed by atoms with Crippen LogP contribution in [0.5, 0.6) is 0 Å². The van der Waals surface area contributed by atoms with Gasteiger partial charge < -0.3 is 4.74 Å². The number of hydrogen-bond donors (Lipinski definition) is 0. The van der Waals surface area contributed by atoms with E-state index in [1.165, 1.54) is 36.4 Å². The van der Waals surface area contributed by atoms with Crippen LogP contribution in [0.1, 0.15) is 58.4 Å². The van der Waals surface area contributed by atoms with Crippen molar-refractivity contribution in [1.82, 2.24) is 0 Å². The van der Waals surface area contributed by atoms with Gasteiger partial charge in [0.1, 0.15) is 0 Å². The van der Waals surface area contributed by atoms with Crippen molar-refractivity contribution in [2.75, 3.05) is 0 Å². The van der Waals surface area contributed by atoms with E-state index in [9.17, 15) is 26.4 Å². The van der Waals surface area contributed by atoms with Crippen molar-refractivity contribution in [2.24, 2.45) is 5.92 Å². The molecule has 1 atom stereocenters. The number of esters is 1. The van der Waals surface area contributed by atoms with E-state index in [1.54, 1.807) is 48.5 Å². The molecule has 0 saturated heterocycles. The second-order valence-corrected chi connectivity index (χ2v) is 16.3. The van der Waals surface area contributed by atoms with Crippen LogP contribution in [0.3, 0.4) is 0 Å². The van der Waals surface area contributed by atoms with E-state index in [4.69, 9.17) is 3.63 Å². The maximum atomic E-state index is 15.9. The van der Waals surface area contributed by atoms with Crippen LogP contribution in [-0.4, -0.2) is 31.9 Å². The minimum Gasteiger partial charge on any atom is -0.444 e. The fourth-order valence-electron chi connectivity index (χ4n) is 5.08. The summed E-state index contributed by atoms with van der Waals surface area (Å²) in [5, 5.41) is -5.69. The zero-order valence-electron chi connectivity index (χ0n) is 24.5. The molecule has 1 fully saturated rings. The highest BCUT2D eigenvalue weighted by molar-refractivity contribution is 8.33. The molecule has 0 spiro atoms. The van der Waals surface area contributed by atoms with E-state index < -0.39 is 49.8 Å². The summed E-state index contributed by atoms with van der Waals surface area (Å²) in [5.41, 5.74) is 0.522. The van der Waals surface area contributed by atoms with Crippen molar-refractivity contribution >= 4 is 26.4 Å².